The minimum atomic E-state index is -0.960. The molecule has 0 radical (unpaired) electrons. The molecule has 0 unspecified atom stereocenters. The van der Waals surface area contributed by atoms with Crippen LogP contribution in [0.3, 0.4) is 0 Å². The van der Waals surface area contributed by atoms with E-state index in [1.807, 2.05) is 74.5 Å². The summed E-state index contributed by atoms with van der Waals surface area (Å²) in [5.41, 5.74) is 1.52. The van der Waals surface area contributed by atoms with Gasteiger partial charge in [-0.3, -0.25) is 9.59 Å². The standard InChI is InChI=1S/C36H49BBrN3O6/c1-23(2)31(33(43)40-30(17-12-18-38)37-46-29-21-26-20-28(35(26,3)4)36(29,5)47-37)41-32(42)27(19-24-13-8-6-9-14-24)39-34(44)45-22-25-15-10-7-11-16-25/h6-11,13-16,23,26-31H,12,17-22H2,1-5H3,(H,39,44)(H,40,43)(H,41,42)/t26-,27+,28-,29+,30+,31-,36-/m0/s1. The van der Waals surface area contributed by atoms with Gasteiger partial charge in [-0.15, -0.1) is 0 Å². The Hall–Kier alpha value is -2.89. The van der Waals surface area contributed by atoms with Gasteiger partial charge in [0.25, 0.3) is 0 Å². The Bertz CT molecular complexity index is 1380. The molecule has 2 aromatic carbocycles. The number of carbonyl (C=O) groups is 3. The molecule has 254 valence electrons. The minimum absolute atomic E-state index is 0.000267. The maximum atomic E-state index is 13.9. The summed E-state index contributed by atoms with van der Waals surface area (Å²) in [5.74, 6) is -0.353. The average Bonchev–Trinajstić information content (AvgIpc) is 3.42. The van der Waals surface area contributed by atoms with E-state index in [-0.39, 0.29) is 42.3 Å². The summed E-state index contributed by atoms with van der Waals surface area (Å²) < 4.78 is 18.7. The molecule has 3 aliphatic carbocycles. The Labute approximate surface area is 287 Å². The third-order valence-electron chi connectivity index (χ3n) is 10.6. The van der Waals surface area contributed by atoms with E-state index in [0.29, 0.717) is 18.3 Å². The number of hydrogen-bond acceptors (Lipinski definition) is 6. The van der Waals surface area contributed by atoms with Gasteiger partial charge in [-0.25, -0.2) is 4.79 Å². The Morgan fingerprint density at radius 1 is 0.936 bits per heavy atom. The predicted molar refractivity (Wildman–Crippen MR) is 186 cm³/mol. The zero-order chi connectivity index (χ0) is 33.8. The fourth-order valence-corrected chi connectivity index (χ4v) is 8.00. The van der Waals surface area contributed by atoms with E-state index in [4.69, 9.17) is 14.0 Å². The van der Waals surface area contributed by atoms with Crippen LogP contribution in [0.1, 0.15) is 71.4 Å². The van der Waals surface area contributed by atoms with E-state index in [0.717, 1.165) is 35.7 Å². The number of carbonyl (C=O) groups excluding carboxylic acids is 3. The van der Waals surface area contributed by atoms with Gasteiger partial charge in [0, 0.05) is 11.8 Å². The Morgan fingerprint density at radius 2 is 1.60 bits per heavy atom. The van der Waals surface area contributed by atoms with Crippen molar-refractivity contribution < 1.29 is 28.4 Å². The summed E-state index contributed by atoms with van der Waals surface area (Å²) in [6.45, 7) is 10.7. The fourth-order valence-electron chi connectivity index (χ4n) is 7.67. The molecule has 11 heteroatoms. The smallest absolute Gasteiger partial charge is 0.445 e. The Morgan fingerprint density at radius 3 is 2.21 bits per heavy atom. The van der Waals surface area contributed by atoms with Gasteiger partial charge in [0.15, 0.2) is 0 Å². The van der Waals surface area contributed by atoms with Crippen LogP contribution >= 0.6 is 15.9 Å². The van der Waals surface area contributed by atoms with Crippen LogP contribution in [0.4, 0.5) is 4.79 Å². The van der Waals surface area contributed by atoms with Gasteiger partial charge < -0.3 is 30.0 Å². The third kappa shape index (κ3) is 8.06. The van der Waals surface area contributed by atoms with Gasteiger partial charge >= 0.3 is 13.2 Å². The second-order valence-corrected chi connectivity index (χ2v) is 15.3. The molecule has 4 fully saturated rings. The quantitative estimate of drug-likeness (QED) is 0.174. The number of amides is 3. The zero-order valence-electron chi connectivity index (χ0n) is 28.2. The lowest BCUT2D eigenvalue weighted by atomic mass is 9.43. The number of alkyl halides is 1. The molecule has 2 aromatic rings. The molecule has 1 saturated heterocycles. The molecule has 7 atom stereocenters. The molecular weight excluding hydrogens is 661 g/mol. The van der Waals surface area contributed by atoms with Gasteiger partial charge in [0.1, 0.15) is 18.7 Å². The van der Waals surface area contributed by atoms with E-state index in [1.165, 1.54) is 0 Å². The van der Waals surface area contributed by atoms with Crippen LogP contribution in [0.15, 0.2) is 60.7 Å². The van der Waals surface area contributed by atoms with E-state index in [1.54, 1.807) is 0 Å². The highest BCUT2D eigenvalue weighted by atomic mass is 79.9. The number of nitrogens with one attached hydrogen (secondary N) is 3. The Balaban J connectivity index is 1.26. The lowest BCUT2D eigenvalue weighted by Crippen LogP contribution is -2.65. The number of benzene rings is 2. The largest absolute Gasteiger partial charge is 0.481 e. The van der Waals surface area contributed by atoms with Gasteiger partial charge in [0.2, 0.25) is 11.8 Å². The normalized spacial score (nSPS) is 25.9. The molecule has 0 spiro atoms. The number of rotatable bonds is 14. The summed E-state index contributed by atoms with van der Waals surface area (Å²) in [6.07, 6.45) is 3.11. The van der Waals surface area contributed by atoms with Crippen molar-refractivity contribution in [1.82, 2.24) is 16.0 Å². The highest BCUT2D eigenvalue weighted by Crippen LogP contribution is 2.65. The summed E-state index contributed by atoms with van der Waals surface area (Å²) in [4.78, 5) is 40.6. The fraction of sp³-hybridized carbons (Fsp3) is 0.583. The maximum Gasteiger partial charge on any atom is 0.481 e. The van der Waals surface area contributed by atoms with Crippen molar-refractivity contribution in [2.45, 2.75) is 103 Å². The van der Waals surface area contributed by atoms with Crippen molar-refractivity contribution in [3.63, 3.8) is 0 Å². The van der Waals surface area contributed by atoms with Gasteiger partial charge in [0.05, 0.1) is 17.6 Å². The lowest BCUT2D eigenvalue weighted by molar-refractivity contribution is -0.199. The molecule has 6 rings (SSSR count). The van der Waals surface area contributed by atoms with Crippen LogP contribution in [-0.2, 0) is 36.7 Å². The van der Waals surface area contributed by atoms with Crippen molar-refractivity contribution in [3.05, 3.63) is 71.8 Å². The van der Waals surface area contributed by atoms with Crippen molar-refractivity contribution in [1.29, 1.82) is 0 Å². The molecular formula is C36H49BBrN3O6. The highest BCUT2D eigenvalue weighted by molar-refractivity contribution is 9.09. The SMILES string of the molecule is CC(C)[C@H](NC(=O)[C@@H](Cc1ccccc1)NC(=O)OCc1ccccc1)C(=O)N[C@H](CCCBr)B1O[C@@H]2C[C@@H]3C[C@@H](C3(C)C)[C@]2(C)O1. The van der Waals surface area contributed by atoms with E-state index >= 15 is 0 Å². The van der Waals surface area contributed by atoms with Gasteiger partial charge in [-0.2, -0.15) is 0 Å². The summed E-state index contributed by atoms with van der Waals surface area (Å²) >= 11 is 3.53. The number of halogens is 1. The Kier molecular flexibility index (Phi) is 11.4. The van der Waals surface area contributed by atoms with Crippen molar-refractivity contribution in [3.8, 4) is 0 Å². The number of hydrogen-bond donors (Lipinski definition) is 3. The van der Waals surface area contributed by atoms with E-state index in [2.05, 4.69) is 52.7 Å². The molecule has 4 aliphatic rings. The molecule has 0 aromatic heterocycles. The lowest BCUT2D eigenvalue weighted by Gasteiger charge is -2.64. The molecule has 3 N–H and O–H groups in total. The second-order valence-electron chi connectivity index (χ2n) is 14.5. The summed E-state index contributed by atoms with van der Waals surface area (Å²) in [7, 11) is -0.571. The monoisotopic (exact) mass is 709 g/mol. The molecule has 3 amide bonds. The first-order chi connectivity index (χ1) is 22.4. The first-order valence-electron chi connectivity index (χ1n) is 16.9. The highest BCUT2D eigenvalue weighted by Gasteiger charge is 2.68. The first-order valence-corrected chi connectivity index (χ1v) is 18.1. The van der Waals surface area contributed by atoms with Gasteiger partial charge in [-0.05, 0) is 66.9 Å². The first kappa shape index (κ1) is 35.4. The molecule has 2 bridgehead atoms. The number of alkyl carbamates (subject to hydrolysis) is 1. The average molecular weight is 711 g/mol. The minimum Gasteiger partial charge on any atom is -0.445 e. The second kappa shape index (κ2) is 15.1. The zero-order valence-corrected chi connectivity index (χ0v) is 29.8. The molecule has 3 saturated carbocycles. The van der Waals surface area contributed by atoms with Crippen molar-refractivity contribution >= 4 is 41.0 Å². The van der Waals surface area contributed by atoms with Crippen molar-refractivity contribution in [2.75, 3.05) is 5.33 Å². The number of ether oxygens (including phenoxy) is 1. The molecule has 47 heavy (non-hydrogen) atoms. The predicted octanol–water partition coefficient (Wildman–Crippen LogP) is 5.59. The third-order valence-corrected chi connectivity index (χ3v) is 11.2. The van der Waals surface area contributed by atoms with Crippen LogP contribution in [0.2, 0.25) is 0 Å². The topological polar surface area (TPSA) is 115 Å². The van der Waals surface area contributed by atoms with Crippen LogP contribution in [0.5, 0.6) is 0 Å². The van der Waals surface area contributed by atoms with E-state index in [9.17, 15) is 14.4 Å². The van der Waals surface area contributed by atoms with Crippen LogP contribution < -0.4 is 16.0 Å². The summed E-state index contributed by atoms with van der Waals surface area (Å²) in [6, 6.07) is 17.0. The molecule has 1 heterocycles. The van der Waals surface area contributed by atoms with Crippen LogP contribution in [-0.4, -0.2) is 60.1 Å². The van der Waals surface area contributed by atoms with Gasteiger partial charge in [-0.1, -0.05) is 104 Å². The van der Waals surface area contributed by atoms with E-state index < -0.39 is 36.8 Å². The van der Waals surface area contributed by atoms with Crippen molar-refractivity contribution in [2.24, 2.45) is 23.2 Å². The molecule has 1 aliphatic heterocycles. The molecule has 9 nitrogen and oxygen atoms in total. The summed E-state index contributed by atoms with van der Waals surface area (Å²) in [5, 5.41) is 9.63. The van der Waals surface area contributed by atoms with Crippen LogP contribution in [0.25, 0.3) is 0 Å². The maximum absolute atomic E-state index is 13.9. The van der Waals surface area contributed by atoms with Crippen LogP contribution in [0, 0.1) is 23.2 Å².